The number of nitrogens with one attached hydrogen (secondary N) is 1. The molecule has 0 aliphatic heterocycles. The van der Waals surface area contributed by atoms with E-state index < -0.39 is 16.0 Å². The van der Waals surface area contributed by atoms with Crippen LogP contribution in [0, 0.1) is 0 Å². The van der Waals surface area contributed by atoms with Crippen LogP contribution in [0.4, 0.5) is 0 Å². The topological polar surface area (TPSA) is 92.7 Å². The van der Waals surface area contributed by atoms with Crippen molar-refractivity contribution in [1.82, 2.24) is 4.72 Å². The molecular weight excluding hydrogens is 457 g/mol. The van der Waals surface area contributed by atoms with Crippen molar-refractivity contribution in [2.45, 2.75) is 11.4 Å². The van der Waals surface area contributed by atoms with E-state index in [1.807, 2.05) is 0 Å². The summed E-state index contributed by atoms with van der Waals surface area (Å²) in [7, 11) is -2.81. The van der Waals surface area contributed by atoms with Crippen LogP contribution in [0.3, 0.4) is 0 Å². The molecule has 0 atom stereocenters. The number of aromatic carboxylic acids is 1. The quantitative estimate of drug-likeness (QED) is 0.669. The van der Waals surface area contributed by atoms with Crippen LogP contribution >= 0.6 is 39.1 Å². The Bertz CT molecular complexity index is 934. The van der Waals surface area contributed by atoms with Gasteiger partial charge in [-0.25, -0.2) is 17.9 Å². The van der Waals surface area contributed by atoms with E-state index in [9.17, 15) is 13.2 Å². The summed E-state index contributed by atoms with van der Waals surface area (Å²) in [6.45, 7) is -0.0807. The third kappa shape index (κ3) is 4.65. The lowest BCUT2D eigenvalue weighted by molar-refractivity contribution is 0.0696. The molecule has 2 N–H and O–H groups in total. The molecule has 0 fully saturated rings. The Morgan fingerprint density at radius 1 is 1.24 bits per heavy atom. The minimum absolute atomic E-state index is 0.0654. The number of rotatable bonds is 6. The van der Waals surface area contributed by atoms with E-state index >= 15 is 0 Å². The molecular formula is C15H12BrCl2NO5S. The van der Waals surface area contributed by atoms with Crippen LogP contribution in [0.25, 0.3) is 0 Å². The highest BCUT2D eigenvalue weighted by Crippen LogP contribution is 2.31. The molecule has 0 radical (unpaired) electrons. The van der Waals surface area contributed by atoms with Crippen molar-refractivity contribution >= 4 is 55.1 Å². The summed E-state index contributed by atoms with van der Waals surface area (Å²) in [5.41, 5.74) is 0.212. The van der Waals surface area contributed by atoms with E-state index in [-0.39, 0.29) is 27.8 Å². The Morgan fingerprint density at radius 3 is 2.48 bits per heavy atom. The maximum Gasteiger partial charge on any atom is 0.337 e. The Balaban J connectivity index is 2.38. The predicted octanol–water partition coefficient (Wildman–Crippen LogP) is 3.94. The van der Waals surface area contributed by atoms with Gasteiger partial charge in [0.2, 0.25) is 10.0 Å². The summed E-state index contributed by atoms with van der Waals surface area (Å²) in [4.78, 5) is 10.9. The van der Waals surface area contributed by atoms with E-state index in [4.69, 9.17) is 33.0 Å². The van der Waals surface area contributed by atoms with E-state index in [0.29, 0.717) is 10.6 Å². The molecule has 2 aromatic rings. The van der Waals surface area contributed by atoms with E-state index in [1.165, 1.54) is 7.11 Å². The molecule has 0 amide bonds. The fraction of sp³-hybridized carbons (Fsp3) is 0.133. The zero-order valence-electron chi connectivity index (χ0n) is 12.7. The van der Waals surface area contributed by atoms with Gasteiger partial charge in [-0.05, 0) is 23.8 Å². The van der Waals surface area contributed by atoms with Gasteiger partial charge in [-0.3, -0.25) is 0 Å². The fourth-order valence-corrected chi connectivity index (χ4v) is 4.14. The van der Waals surface area contributed by atoms with Gasteiger partial charge in [-0.15, -0.1) is 0 Å². The van der Waals surface area contributed by atoms with Gasteiger partial charge in [0.1, 0.15) is 10.6 Å². The lowest BCUT2D eigenvalue weighted by atomic mass is 10.2. The van der Waals surface area contributed by atoms with Crippen LogP contribution in [0.5, 0.6) is 5.75 Å². The standard InChI is InChI=1S/C15H12BrCl2NO5S/c1-24-13-6-12(18)10(15(20)21)5-14(13)25(22,23)19-7-8-2-3-9(16)4-11(8)17/h2-6,19H,7H2,1H3,(H,20,21). The van der Waals surface area contributed by atoms with Crippen LogP contribution in [-0.2, 0) is 16.6 Å². The SMILES string of the molecule is COc1cc(Cl)c(C(=O)O)cc1S(=O)(=O)NCc1ccc(Br)cc1Cl. The minimum Gasteiger partial charge on any atom is -0.495 e. The molecule has 2 rings (SSSR count). The maximum absolute atomic E-state index is 12.6. The highest BCUT2D eigenvalue weighted by molar-refractivity contribution is 9.10. The number of methoxy groups -OCH3 is 1. The van der Waals surface area contributed by atoms with Crippen LogP contribution in [0.15, 0.2) is 39.7 Å². The van der Waals surface area contributed by atoms with Crippen molar-refractivity contribution in [2.75, 3.05) is 7.11 Å². The Hall–Kier alpha value is -1.32. The molecule has 0 unspecified atom stereocenters. The van der Waals surface area contributed by atoms with Gasteiger partial charge in [-0.1, -0.05) is 45.2 Å². The van der Waals surface area contributed by atoms with Crippen molar-refractivity contribution in [3.63, 3.8) is 0 Å². The highest BCUT2D eigenvalue weighted by Gasteiger charge is 2.24. The molecule has 134 valence electrons. The average Bonchev–Trinajstić information content (AvgIpc) is 2.53. The van der Waals surface area contributed by atoms with Gasteiger partial charge in [0, 0.05) is 22.1 Å². The lowest BCUT2D eigenvalue weighted by Gasteiger charge is -2.13. The third-order valence-electron chi connectivity index (χ3n) is 3.24. The Labute approximate surface area is 162 Å². The predicted molar refractivity (Wildman–Crippen MR) is 98.1 cm³/mol. The molecule has 0 aliphatic rings. The van der Waals surface area contributed by atoms with Crippen molar-refractivity contribution < 1.29 is 23.1 Å². The minimum atomic E-state index is -4.07. The van der Waals surface area contributed by atoms with Crippen molar-refractivity contribution in [1.29, 1.82) is 0 Å². The number of carboxylic acid groups (broad SMARTS) is 1. The van der Waals surface area contributed by atoms with Crippen LogP contribution in [0.2, 0.25) is 10.0 Å². The molecule has 0 saturated carbocycles. The number of hydrogen-bond donors (Lipinski definition) is 2. The van der Waals surface area contributed by atoms with Gasteiger partial charge < -0.3 is 9.84 Å². The van der Waals surface area contributed by atoms with Gasteiger partial charge in [-0.2, -0.15) is 0 Å². The molecule has 25 heavy (non-hydrogen) atoms. The molecule has 0 heterocycles. The number of halogens is 3. The first-order valence-electron chi connectivity index (χ1n) is 6.70. The van der Waals surface area contributed by atoms with Gasteiger partial charge in [0.05, 0.1) is 17.7 Å². The molecule has 0 saturated heterocycles. The summed E-state index contributed by atoms with van der Waals surface area (Å²) >= 11 is 15.2. The fourth-order valence-electron chi connectivity index (χ4n) is 1.98. The number of sulfonamides is 1. The third-order valence-corrected chi connectivity index (χ3v) is 5.82. The highest BCUT2D eigenvalue weighted by atomic mass is 79.9. The molecule has 0 bridgehead atoms. The van der Waals surface area contributed by atoms with Gasteiger partial charge in [0.15, 0.2) is 0 Å². The number of benzene rings is 2. The summed E-state index contributed by atoms with van der Waals surface area (Å²) in [5, 5.41) is 9.38. The zero-order chi connectivity index (χ0) is 18.8. The summed E-state index contributed by atoms with van der Waals surface area (Å²) in [6.07, 6.45) is 0. The maximum atomic E-state index is 12.6. The lowest BCUT2D eigenvalue weighted by Crippen LogP contribution is -2.24. The molecule has 0 aromatic heterocycles. The average molecular weight is 469 g/mol. The summed E-state index contributed by atoms with van der Waals surface area (Å²) in [6, 6.07) is 7.12. The molecule has 10 heteroatoms. The molecule has 0 aliphatic carbocycles. The molecule has 0 spiro atoms. The van der Waals surface area contributed by atoms with E-state index in [0.717, 1.165) is 16.6 Å². The number of ether oxygens (including phenoxy) is 1. The first-order valence-corrected chi connectivity index (χ1v) is 9.73. The van der Waals surface area contributed by atoms with Gasteiger partial charge >= 0.3 is 5.97 Å². The van der Waals surface area contributed by atoms with Crippen LogP contribution in [0.1, 0.15) is 15.9 Å². The monoisotopic (exact) mass is 467 g/mol. The summed E-state index contributed by atoms with van der Waals surface area (Å²) in [5.74, 6) is -1.41. The van der Waals surface area contributed by atoms with Gasteiger partial charge in [0.25, 0.3) is 0 Å². The van der Waals surface area contributed by atoms with Crippen molar-refractivity contribution in [2.24, 2.45) is 0 Å². The normalized spacial score (nSPS) is 11.4. The Kier molecular flexibility index (Phi) is 6.34. The molecule has 2 aromatic carbocycles. The first-order chi connectivity index (χ1) is 11.7. The Morgan fingerprint density at radius 2 is 1.92 bits per heavy atom. The smallest absolute Gasteiger partial charge is 0.337 e. The van der Waals surface area contributed by atoms with E-state index in [1.54, 1.807) is 18.2 Å². The van der Waals surface area contributed by atoms with Crippen LogP contribution < -0.4 is 9.46 Å². The number of carboxylic acids is 1. The zero-order valence-corrected chi connectivity index (χ0v) is 16.6. The van der Waals surface area contributed by atoms with E-state index in [2.05, 4.69) is 20.7 Å². The molecule has 6 nitrogen and oxygen atoms in total. The second kappa shape index (κ2) is 7.92. The number of carbonyl (C=O) groups is 1. The second-order valence-corrected chi connectivity index (χ2v) is 8.31. The first kappa shape index (κ1) is 20.0. The largest absolute Gasteiger partial charge is 0.495 e. The summed E-state index contributed by atoms with van der Waals surface area (Å²) < 4.78 is 33.3. The number of hydrogen-bond acceptors (Lipinski definition) is 4. The van der Waals surface area contributed by atoms with Crippen molar-refractivity contribution in [3.8, 4) is 5.75 Å². The van der Waals surface area contributed by atoms with Crippen molar-refractivity contribution in [3.05, 3.63) is 56.0 Å². The second-order valence-electron chi connectivity index (χ2n) is 4.85. The van der Waals surface area contributed by atoms with Crippen LogP contribution in [-0.4, -0.2) is 26.6 Å².